The van der Waals surface area contributed by atoms with Gasteiger partial charge in [-0.1, -0.05) is 19.9 Å². The maximum Gasteiger partial charge on any atom is 0.231 e. The van der Waals surface area contributed by atoms with Crippen LogP contribution in [0.1, 0.15) is 39.2 Å². The molecule has 2 aliphatic heterocycles. The third-order valence-corrected chi connectivity index (χ3v) is 4.65. The molecule has 0 spiro atoms. The van der Waals surface area contributed by atoms with Crippen molar-refractivity contribution in [2.24, 2.45) is 4.99 Å². The van der Waals surface area contributed by atoms with Crippen LogP contribution in [0.5, 0.6) is 11.5 Å². The highest BCUT2D eigenvalue weighted by molar-refractivity contribution is 14.0. The zero-order chi connectivity index (χ0) is 17.7. The Morgan fingerprint density at radius 2 is 2.04 bits per heavy atom. The van der Waals surface area contributed by atoms with Crippen LogP contribution in [-0.2, 0) is 10.2 Å². The summed E-state index contributed by atoms with van der Waals surface area (Å²) in [4.78, 5) is 4.78. The van der Waals surface area contributed by atoms with Gasteiger partial charge in [-0.15, -0.1) is 24.0 Å². The minimum atomic E-state index is -0.104. The van der Waals surface area contributed by atoms with E-state index in [0.29, 0.717) is 19.4 Å². The van der Waals surface area contributed by atoms with Crippen LogP contribution in [0, 0.1) is 0 Å². The van der Waals surface area contributed by atoms with Crippen molar-refractivity contribution >= 4 is 29.9 Å². The smallest absolute Gasteiger partial charge is 0.231 e. The number of guanidine groups is 1. The van der Waals surface area contributed by atoms with Crippen LogP contribution < -0.4 is 20.1 Å². The second-order valence-electron chi connectivity index (χ2n) is 7.16. The molecule has 1 aromatic carbocycles. The molecular weight excluding hydrogens is 445 g/mol. The van der Waals surface area contributed by atoms with Crippen molar-refractivity contribution < 1.29 is 14.2 Å². The normalized spacial score (nSPS) is 19.2. The van der Waals surface area contributed by atoms with E-state index >= 15 is 0 Å². The lowest BCUT2D eigenvalue weighted by molar-refractivity contribution is 0.114. The van der Waals surface area contributed by atoms with Gasteiger partial charge in [-0.2, -0.15) is 0 Å². The maximum atomic E-state index is 5.67. The zero-order valence-electron chi connectivity index (χ0n) is 15.8. The Hall–Kier alpha value is -1.22. The molecule has 2 heterocycles. The highest BCUT2D eigenvalue weighted by atomic mass is 127. The molecule has 1 saturated heterocycles. The highest BCUT2D eigenvalue weighted by Gasteiger charge is 2.24. The number of hydrogen-bond acceptors (Lipinski definition) is 4. The van der Waals surface area contributed by atoms with Crippen LogP contribution in [-0.4, -0.2) is 45.1 Å². The molecule has 0 amide bonds. The fourth-order valence-electron chi connectivity index (χ4n) is 3.04. The van der Waals surface area contributed by atoms with Crippen molar-refractivity contribution in [3.05, 3.63) is 23.8 Å². The summed E-state index contributed by atoms with van der Waals surface area (Å²) in [6, 6.07) is 6.13. The predicted octanol–water partition coefficient (Wildman–Crippen LogP) is 3.05. The third-order valence-electron chi connectivity index (χ3n) is 4.65. The maximum absolute atomic E-state index is 5.67. The van der Waals surface area contributed by atoms with Gasteiger partial charge in [-0.25, -0.2) is 0 Å². The molecule has 2 N–H and O–H groups in total. The monoisotopic (exact) mass is 475 g/mol. The minimum Gasteiger partial charge on any atom is -0.454 e. The van der Waals surface area contributed by atoms with E-state index in [1.807, 2.05) is 6.07 Å². The topological polar surface area (TPSA) is 64.1 Å². The van der Waals surface area contributed by atoms with Gasteiger partial charge >= 0.3 is 0 Å². The second kappa shape index (κ2) is 9.64. The van der Waals surface area contributed by atoms with E-state index < -0.39 is 0 Å². The molecule has 2 aliphatic rings. The summed E-state index contributed by atoms with van der Waals surface area (Å²) in [5.41, 5.74) is 1.09. The fourth-order valence-corrected chi connectivity index (χ4v) is 3.04. The van der Waals surface area contributed by atoms with Gasteiger partial charge in [0.15, 0.2) is 17.5 Å². The molecule has 1 atom stereocenters. The van der Waals surface area contributed by atoms with Gasteiger partial charge in [0.2, 0.25) is 6.79 Å². The SMILES string of the molecule is CCNC(=NCC(C)(C)c1ccc2c(c1)OCO2)NCC1CCCO1.I. The van der Waals surface area contributed by atoms with Crippen LogP contribution in [0.15, 0.2) is 23.2 Å². The number of benzene rings is 1. The molecule has 0 aliphatic carbocycles. The van der Waals surface area contributed by atoms with Crippen molar-refractivity contribution in [2.45, 2.75) is 45.1 Å². The molecule has 3 rings (SSSR count). The number of hydrogen-bond donors (Lipinski definition) is 2. The van der Waals surface area contributed by atoms with Crippen molar-refractivity contribution in [1.82, 2.24) is 10.6 Å². The standard InChI is InChI=1S/C19H29N3O3.HI/c1-4-20-18(21-11-15-6-5-9-23-15)22-12-19(2,3)14-7-8-16-17(10-14)25-13-24-16;/h7-8,10,15H,4-6,9,11-13H2,1-3H3,(H2,20,21,22);1H. The number of aliphatic imine (C=N–C) groups is 1. The Morgan fingerprint density at radius 3 is 2.77 bits per heavy atom. The van der Waals surface area contributed by atoms with E-state index in [1.54, 1.807) is 0 Å². The Bertz CT molecular complexity index is 616. The molecule has 1 fully saturated rings. The summed E-state index contributed by atoms with van der Waals surface area (Å²) in [6.07, 6.45) is 2.57. The lowest BCUT2D eigenvalue weighted by Gasteiger charge is -2.24. The predicted molar refractivity (Wildman–Crippen MR) is 114 cm³/mol. The van der Waals surface area contributed by atoms with E-state index in [0.717, 1.165) is 50.0 Å². The number of fused-ring (bicyclic) bond motifs is 1. The zero-order valence-corrected chi connectivity index (χ0v) is 18.2. The average Bonchev–Trinajstić information content (AvgIpc) is 3.27. The first-order valence-electron chi connectivity index (χ1n) is 9.12. The Labute approximate surface area is 173 Å². The summed E-state index contributed by atoms with van der Waals surface area (Å²) >= 11 is 0. The average molecular weight is 475 g/mol. The molecule has 146 valence electrons. The van der Waals surface area contributed by atoms with Gasteiger partial charge in [0.25, 0.3) is 0 Å². The first-order valence-corrected chi connectivity index (χ1v) is 9.12. The summed E-state index contributed by atoms with van der Waals surface area (Å²) < 4.78 is 16.6. The van der Waals surface area contributed by atoms with E-state index in [9.17, 15) is 0 Å². The van der Waals surface area contributed by atoms with E-state index in [2.05, 4.69) is 43.5 Å². The molecule has 7 heteroatoms. The molecule has 0 radical (unpaired) electrons. The molecule has 0 saturated carbocycles. The van der Waals surface area contributed by atoms with Gasteiger partial charge in [-0.3, -0.25) is 4.99 Å². The Kier molecular flexibility index (Phi) is 7.82. The number of halogens is 1. The van der Waals surface area contributed by atoms with E-state index in [-0.39, 0.29) is 29.4 Å². The fraction of sp³-hybridized carbons (Fsp3) is 0.632. The van der Waals surface area contributed by atoms with Crippen molar-refractivity contribution in [1.29, 1.82) is 0 Å². The largest absolute Gasteiger partial charge is 0.454 e. The Morgan fingerprint density at radius 1 is 1.23 bits per heavy atom. The van der Waals surface area contributed by atoms with E-state index in [1.165, 1.54) is 5.56 Å². The number of nitrogens with zero attached hydrogens (tertiary/aromatic N) is 1. The van der Waals surface area contributed by atoms with Crippen LogP contribution in [0.3, 0.4) is 0 Å². The lowest BCUT2D eigenvalue weighted by atomic mass is 9.84. The molecule has 0 aromatic heterocycles. The van der Waals surface area contributed by atoms with E-state index in [4.69, 9.17) is 19.2 Å². The molecule has 1 aromatic rings. The first-order chi connectivity index (χ1) is 12.1. The number of rotatable bonds is 6. The van der Waals surface area contributed by atoms with Gasteiger partial charge in [0.05, 0.1) is 12.6 Å². The molecular formula is C19H30IN3O3. The lowest BCUT2D eigenvalue weighted by Crippen LogP contribution is -2.41. The quantitative estimate of drug-likeness (QED) is 0.376. The highest BCUT2D eigenvalue weighted by Crippen LogP contribution is 2.36. The van der Waals surface area contributed by atoms with Crippen LogP contribution in [0.2, 0.25) is 0 Å². The number of ether oxygens (including phenoxy) is 3. The summed E-state index contributed by atoms with van der Waals surface area (Å²) in [7, 11) is 0. The van der Waals surface area contributed by atoms with Crippen LogP contribution >= 0.6 is 24.0 Å². The Balaban J connectivity index is 0.00000243. The van der Waals surface area contributed by atoms with Gasteiger partial charge in [-0.05, 0) is 37.5 Å². The first kappa shape index (κ1) is 21.1. The summed E-state index contributed by atoms with van der Waals surface area (Å²) in [5, 5.41) is 6.71. The minimum absolute atomic E-state index is 0. The third kappa shape index (κ3) is 5.39. The summed E-state index contributed by atoms with van der Waals surface area (Å²) in [6.45, 7) is 9.94. The molecule has 0 bridgehead atoms. The van der Waals surface area contributed by atoms with Crippen molar-refractivity contribution in [3.63, 3.8) is 0 Å². The number of nitrogens with one attached hydrogen (secondary N) is 2. The van der Waals surface area contributed by atoms with Gasteiger partial charge < -0.3 is 24.8 Å². The molecule has 1 unspecified atom stereocenters. The van der Waals surface area contributed by atoms with Crippen LogP contribution in [0.25, 0.3) is 0 Å². The van der Waals surface area contributed by atoms with Crippen molar-refractivity contribution in [3.8, 4) is 11.5 Å². The second-order valence-corrected chi connectivity index (χ2v) is 7.16. The summed E-state index contributed by atoms with van der Waals surface area (Å²) in [5.74, 6) is 2.47. The van der Waals surface area contributed by atoms with Gasteiger partial charge in [0.1, 0.15) is 0 Å². The molecule has 26 heavy (non-hydrogen) atoms. The van der Waals surface area contributed by atoms with Crippen molar-refractivity contribution in [2.75, 3.05) is 33.0 Å². The molecule has 6 nitrogen and oxygen atoms in total. The van der Waals surface area contributed by atoms with Crippen LogP contribution in [0.4, 0.5) is 0 Å². The van der Waals surface area contributed by atoms with Gasteiger partial charge in [0, 0.05) is 25.1 Å².